The maximum atomic E-state index is 13.6. The lowest BCUT2D eigenvalue weighted by Crippen LogP contribution is -2.51. The topological polar surface area (TPSA) is 52.7 Å². The smallest absolute Gasteiger partial charge is 0.248 e. The third-order valence-corrected chi connectivity index (χ3v) is 5.72. The van der Waals surface area contributed by atoms with Crippen LogP contribution in [0.25, 0.3) is 0 Å². The highest BCUT2D eigenvalue weighted by molar-refractivity contribution is 5.91. The molecule has 31 heavy (non-hydrogen) atoms. The molecule has 1 aliphatic heterocycles. The molecule has 1 N–H and O–H groups in total. The van der Waals surface area contributed by atoms with E-state index < -0.39 is 6.04 Å². The molecule has 2 amide bonds. The van der Waals surface area contributed by atoms with Crippen molar-refractivity contribution in [2.24, 2.45) is 0 Å². The highest BCUT2D eigenvalue weighted by Crippen LogP contribution is 2.30. The van der Waals surface area contributed by atoms with Gasteiger partial charge in [0.25, 0.3) is 0 Å². The molecule has 0 unspecified atom stereocenters. The number of carbonyl (C=O) groups is 2. The summed E-state index contributed by atoms with van der Waals surface area (Å²) in [6.07, 6.45) is 0.486. The number of nitrogens with zero attached hydrogens (tertiary/aromatic N) is 2. The minimum atomic E-state index is -0.646. The van der Waals surface area contributed by atoms with E-state index in [4.69, 9.17) is 0 Å². The van der Waals surface area contributed by atoms with E-state index in [1.54, 1.807) is 4.90 Å². The number of hydrogen-bond donors (Lipinski definition) is 1. The Morgan fingerprint density at radius 3 is 1.81 bits per heavy atom. The molecule has 158 valence electrons. The molecule has 0 aliphatic carbocycles. The lowest BCUT2D eigenvalue weighted by atomic mass is 9.96. The summed E-state index contributed by atoms with van der Waals surface area (Å²) in [7, 11) is 3.95. The molecule has 0 bridgehead atoms. The molecule has 4 rings (SSSR count). The van der Waals surface area contributed by atoms with Crippen LogP contribution >= 0.6 is 0 Å². The molecule has 5 heteroatoms. The Hall–Kier alpha value is -3.60. The number of amides is 2. The monoisotopic (exact) mass is 413 g/mol. The van der Waals surface area contributed by atoms with E-state index in [1.165, 1.54) is 0 Å². The lowest BCUT2D eigenvalue weighted by Gasteiger charge is -2.38. The van der Waals surface area contributed by atoms with Gasteiger partial charge in [0.05, 0.1) is 6.04 Å². The molecule has 0 radical (unpaired) electrons. The molecule has 3 aromatic carbocycles. The summed E-state index contributed by atoms with van der Waals surface area (Å²) in [6, 6.07) is 26.7. The van der Waals surface area contributed by atoms with Crippen LogP contribution in [0.15, 0.2) is 84.9 Å². The van der Waals surface area contributed by atoms with Crippen LogP contribution in [0.1, 0.15) is 35.2 Å². The van der Waals surface area contributed by atoms with E-state index in [-0.39, 0.29) is 17.9 Å². The van der Waals surface area contributed by atoms with Crippen molar-refractivity contribution in [2.45, 2.75) is 18.5 Å². The zero-order valence-corrected chi connectivity index (χ0v) is 17.9. The minimum Gasteiger partial charge on any atom is -0.378 e. The van der Waals surface area contributed by atoms with E-state index in [0.717, 1.165) is 22.4 Å². The maximum absolute atomic E-state index is 13.6. The van der Waals surface area contributed by atoms with Crippen LogP contribution < -0.4 is 10.2 Å². The van der Waals surface area contributed by atoms with Crippen molar-refractivity contribution < 1.29 is 9.59 Å². The summed E-state index contributed by atoms with van der Waals surface area (Å²) in [5.74, 6) is -0.170. The first kappa shape index (κ1) is 20.7. The van der Waals surface area contributed by atoms with Crippen molar-refractivity contribution in [3.05, 3.63) is 102 Å². The summed E-state index contributed by atoms with van der Waals surface area (Å²) >= 11 is 0. The fraction of sp³-hybridized carbons (Fsp3) is 0.231. The zero-order chi connectivity index (χ0) is 21.8. The van der Waals surface area contributed by atoms with Crippen LogP contribution in [0.2, 0.25) is 0 Å². The van der Waals surface area contributed by atoms with Gasteiger partial charge in [-0.15, -0.1) is 0 Å². The third-order valence-electron chi connectivity index (χ3n) is 5.72. The number of β-lactam (4-membered cyclic amide) rings is 1. The summed E-state index contributed by atoms with van der Waals surface area (Å²) < 4.78 is 0. The molecule has 1 saturated heterocycles. The number of hydrogen-bond acceptors (Lipinski definition) is 3. The Morgan fingerprint density at radius 1 is 0.839 bits per heavy atom. The Kier molecular flexibility index (Phi) is 6.03. The Labute approximate surface area is 183 Å². The second-order valence-electron chi connectivity index (χ2n) is 7.99. The van der Waals surface area contributed by atoms with Gasteiger partial charge in [-0.05, 0) is 28.8 Å². The summed E-state index contributed by atoms with van der Waals surface area (Å²) in [5, 5.41) is 3.21. The quantitative estimate of drug-likeness (QED) is 0.597. The first-order valence-corrected chi connectivity index (χ1v) is 10.5. The zero-order valence-electron chi connectivity index (χ0n) is 17.9. The molecule has 5 nitrogen and oxygen atoms in total. The van der Waals surface area contributed by atoms with Gasteiger partial charge < -0.3 is 15.1 Å². The second kappa shape index (κ2) is 9.04. The number of carbonyl (C=O) groups excluding carboxylic acids is 2. The first-order chi connectivity index (χ1) is 15.0. The fourth-order valence-electron chi connectivity index (χ4n) is 3.90. The summed E-state index contributed by atoms with van der Waals surface area (Å²) in [6.45, 7) is 0.591. The number of rotatable bonds is 7. The Bertz CT molecular complexity index is 994. The lowest BCUT2D eigenvalue weighted by molar-refractivity contribution is -0.149. The molecule has 0 aromatic heterocycles. The van der Waals surface area contributed by atoms with Gasteiger partial charge in [-0.2, -0.15) is 0 Å². The van der Waals surface area contributed by atoms with E-state index in [9.17, 15) is 9.59 Å². The molecular weight excluding hydrogens is 386 g/mol. The maximum Gasteiger partial charge on any atom is 0.248 e. The molecule has 3 aromatic rings. The van der Waals surface area contributed by atoms with Crippen molar-refractivity contribution in [3.63, 3.8) is 0 Å². The van der Waals surface area contributed by atoms with Crippen LogP contribution in [0.3, 0.4) is 0 Å². The summed E-state index contributed by atoms with van der Waals surface area (Å²) in [4.78, 5) is 29.5. The summed E-state index contributed by atoms with van der Waals surface area (Å²) in [5.41, 5.74) is 3.86. The molecule has 1 heterocycles. The predicted molar refractivity (Wildman–Crippen MR) is 123 cm³/mol. The Balaban J connectivity index is 1.66. The second-order valence-corrected chi connectivity index (χ2v) is 7.99. The number of benzene rings is 3. The van der Waals surface area contributed by atoms with Crippen molar-refractivity contribution in [3.8, 4) is 0 Å². The van der Waals surface area contributed by atoms with E-state index >= 15 is 0 Å². The SMILES string of the molecule is CN(C)c1ccc([C@H](C(=O)NC(c2ccccc2)c2ccccc2)N2CCC2=O)cc1. The molecule has 1 atom stereocenters. The van der Waals surface area contributed by atoms with Gasteiger partial charge in [0.1, 0.15) is 6.04 Å². The van der Waals surface area contributed by atoms with Gasteiger partial charge in [-0.1, -0.05) is 72.8 Å². The molecule has 1 fully saturated rings. The number of anilines is 1. The van der Waals surface area contributed by atoms with E-state index in [0.29, 0.717) is 13.0 Å². The minimum absolute atomic E-state index is 0.00723. The van der Waals surface area contributed by atoms with Crippen molar-refractivity contribution in [2.75, 3.05) is 25.5 Å². The van der Waals surface area contributed by atoms with Gasteiger partial charge in [-0.25, -0.2) is 0 Å². The van der Waals surface area contributed by atoms with Crippen LogP contribution in [0.4, 0.5) is 5.69 Å². The number of nitrogens with one attached hydrogen (secondary N) is 1. The first-order valence-electron chi connectivity index (χ1n) is 10.5. The van der Waals surface area contributed by atoms with Crippen molar-refractivity contribution in [1.82, 2.24) is 10.2 Å². The normalized spacial score (nSPS) is 14.2. The third kappa shape index (κ3) is 4.45. The van der Waals surface area contributed by atoms with Gasteiger partial charge in [0.2, 0.25) is 11.8 Å². The van der Waals surface area contributed by atoms with Crippen molar-refractivity contribution in [1.29, 1.82) is 0 Å². The molecule has 0 spiro atoms. The number of likely N-dealkylation sites (tertiary alicyclic amines) is 1. The average Bonchev–Trinajstić information content (AvgIpc) is 2.81. The van der Waals surface area contributed by atoms with Gasteiger partial charge >= 0.3 is 0 Å². The predicted octanol–water partition coefficient (Wildman–Crippen LogP) is 3.93. The van der Waals surface area contributed by atoms with Crippen LogP contribution in [0, 0.1) is 0 Å². The largest absolute Gasteiger partial charge is 0.378 e. The van der Waals surface area contributed by atoms with Crippen LogP contribution in [-0.2, 0) is 9.59 Å². The highest BCUT2D eigenvalue weighted by atomic mass is 16.2. The van der Waals surface area contributed by atoms with Crippen LogP contribution in [-0.4, -0.2) is 37.4 Å². The van der Waals surface area contributed by atoms with Gasteiger partial charge in [0, 0.05) is 32.7 Å². The van der Waals surface area contributed by atoms with Crippen molar-refractivity contribution >= 4 is 17.5 Å². The fourth-order valence-corrected chi connectivity index (χ4v) is 3.90. The molecule has 0 saturated carbocycles. The highest BCUT2D eigenvalue weighted by Gasteiger charge is 2.37. The Morgan fingerprint density at radius 2 is 1.39 bits per heavy atom. The average molecular weight is 414 g/mol. The molecule has 1 aliphatic rings. The van der Waals surface area contributed by atoms with Crippen LogP contribution in [0.5, 0.6) is 0 Å². The van der Waals surface area contributed by atoms with E-state index in [2.05, 4.69) is 5.32 Å². The standard InChI is InChI=1S/C26H27N3O2/c1-28(2)22-15-13-21(14-16-22)25(29-18-17-23(29)30)26(31)27-24(19-9-5-3-6-10-19)20-11-7-4-8-12-20/h3-16,24-25H,17-18H2,1-2H3,(H,27,31)/t25-/m1/s1. The van der Waals surface area contributed by atoms with E-state index in [1.807, 2.05) is 104 Å². The van der Waals surface area contributed by atoms with Gasteiger partial charge in [0.15, 0.2) is 0 Å². The van der Waals surface area contributed by atoms with Gasteiger partial charge in [-0.3, -0.25) is 9.59 Å². The molecular formula is C26H27N3O2.